The number of aryl methyl sites for hydroxylation is 1. The Hall–Kier alpha value is -3.54. The van der Waals surface area contributed by atoms with Crippen LogP contribution in [-0.4, -0.2) is 47.8 Å². The third-order valence-electron chi connectivity index (χ3n) is 5.91. The van der Waals surface area contributed by atoms with Gasteiger partial charge in [0.2, 0.25) is 0 Å². The number of nitrogens with zero attached hydrogens (tertiary/aromatic N) is 3. The third-order valence-corrected chi connectivity index (χ3v) is 5.91. The van der Waals surface area contributed by atoms with Gasteiger partial charge in [0.15, 0.2) is 0 Å². The number of benzene rings is 2. The van der Waals surface area contributed by atoms with Gasteiger partial charge in [-0.15, -0.1) is 0 Å². The van der Waals surface area contributed by atoms with E-state index in [1.54, 1.807) is 4.90 Å². The smallest absolute Gasteiger partial charge is 0.410 e. The Bertz CT molecular complexity index is 1050. The number of ether oxygens (including phenoxy) is 1. The van der Waals surface area contributed by atoms with E-state index in [4.69, 9.17) is 9.72 Å². The average molecular weight is 459 g/mol. The largest absolute Gasteiger partial charge is 0.444 e. The molecule has 178 valence electrons. The SMILES string of the molecule is Cc1cc(NC(c2ccccc2)c2ccccc2)ncc1N1CCN(C(=O)OC(C)(C)C)CC1. The number of rotatable bonds is 5. The van der Waals surface area contributed by atoms with E-state index < -0.39 is 5.60 Å². The highest BCUT2D eigenvalue weighted by atomic mass is 16.6. The van der Waals surface area contributed by atoms with Crippen LogP contribution >= 0.6 is 0 Å². The van der Waals surface area contributed by atoms with Crippen molar-refractivity contribution in [1.29, 1.82) is 0 Å². The maximum atomic E-state index is 12.4. The van der Waals surface area contributed by atoms with Gasteiger partial charge in [0.05, 0.1) is 17.9 Å². The topological polar surface area (TPSA) is 57.7 Å². The minimum atomic E-state index is -0.477. The molecule has 0 unspecified atom stereocenters. The summed E-state index contributed by atoms with van der Waals surface area (Å²) in [6.45, 7) is 10.6. The van der Waals surface area contributed by atoms with Crippen molar-refractivity contribution in [3.63, 3.8) is 0 Å². The Labute approximate surface area is 202 Å². The van der Waals surface area contributed by atoms with Crippen LogP contribution < -0.4 is 10.2 Å². The molecule has 2 aromatic carbocycles. The molecule has 0 aliphatic carbocycles. The first-order valence-electron chi connectivity index (χ1n) is 11.9. The minimum Gasteiger partial charge on any atom is -0.444 e. The van der Waals surface area contributed by atoms with Crippen LogP contribution in [0.15, 0.2) is 72.9 Å². The average Bonchev–Trinajstić information content (AvgIpc) is 2.83. The second-order valence-electron chi connectivity index (χ2n) is 9.71. The fourth-order valence-electron chi connectivity index (χ4n) is 4.21. The standard InChI is InChI=1S/C28H34N4O2/c1-21-19-25(30-26(22-11-7-5-8-12-22)23-13-9-6-10-14-23)29-20-24(21)31-15-17-32(18-16-31)27(33)34-28(2,3)4/h5-14,19-20,26H,15-18H2,1-4H3,(H,29,30). The second-order valence-corrected chi connectivity index (χ2v) is 9.71. The molecule has 6 nitrogen and oxygen atoms in total. The van der Waals surface area contributed by atoms with Crippen LogP contribution in [-0.2, 0) is 4.74 Å². The van der Waals surface area contributed by atoms with Gasteiger partial charge >= 0.3 is 6.09 Å². The van der Waals surface area contributed by atoms with Gasteiger partial charge in [-0.2, -0.15) is 0 Å². The number of amides is 1. The Morgan fingerprint density at radius 1 is 0.941 bits per heavy atom. The molecule has 0 saturated carbocycles. The molecule has 4 rings (SSSR count). The van der Waals surface area contributed by atoms with Gasteiger partial charge < -0.3 is 19.9 Å². The molecule has 1 saturated heterocycles. The maximum Gasteiger partial charge on any atom is 0.410 e. The van der Waals surface area contributed by atoms with Crippen molar-refractivity contribution < 1.29 is 9.53 Å². The number of nitrogens with one attached hydrogen (secondary N) is 1. The quantitative estimate of drug-likeness (QED) is 0.536. The Morgan fingerprint density at radius 2 is 1.50 bits per heavy atom. The van der Waals surface area contributed by atoms with E-state index in [-0.39, 0.29) is 12.1 Å². The van der Waals surface area contributed by atoms with Crippen molar-refractivity contribution in [3.8, 4) is 0 Å². The molecule has 34 heavy (non-hydrogen) atoms. The fraction of sp³-hybridized carbons (Fsp3) is 0.357. The lowest BCUT2D eigenvalue weighted by molar-refractivity contribution is 0.0240. The molecule has 3 aromatic rings. The summed E-state index contributed by atoms with van der Waals surface area (Å²) in [5.41, 5.74) is 4.16. The van der Waals surface area contributed by atoms with Crippen molar-refractivity contribution in [1.82, 2.24) is 9.88 Å². The molecule has 2 heterocycles. The van der Waals surface area contributed by atoms with Crippen LogP contribution in [0.25, 0.3) is 0 Å². The molecule has 1 aliphatic rings. The van der Waals surface area contributed by atoms with E-state index in [2.05, 4.69) is 71.7 Å². The van der Waals surface area contributed by atoms with Gasteiger partial charge in [-0.3, -0.25) is 0 Å². The van der Waals surface area contributed by atoms with Crippen LogP contribution in [0.1, 0.15) is 43.5 Å². The highest BCUT2D eigenvalue weighted by Crippen LogP contribution is 2.28. The van der Waals surface area contributed by atoms with Gasteiger partial charge in [0.25, 0.3) is 0 Å². The molecule has 0 atom stereocenters. The van der Waals surface area contributed by atoms with E-state index in [1.165, 1.54) is 11.1 Å². The molecule has 1 fully saturated rings. The number of piperazine rings is 1. The van der Waals surface area contributed by atoms with E-state index >= 15 is 0 Å². The molecule has 1 N–H and O–H groups in total. The predicted molar refractivity (Wildman–Crippen MR) is 137 cm³/mol. The highest BCUT2D eigenvalue weighted by molar-refractivity contribution is 5.69. The van der Waals surface area contributed by atoms with Crippen LogP contribution in [0.3, 0.4) is 0 Å². The van der Waals surface area contributed by atoms with Crippen LogP contribution in [0.2, 0.25) is 0 Å². The molecule has 1 amide bonds. The van der Waals surface area contributed by atoms with Gasteiger partial charge in [0, 0.05) is 26.2 Å². The zero-order valence-corrected chi connectivity index (χ0v) is 20.5. The number of pyridine rings is 1. The molecular formula is C28H34N4O2. The van der Waals surface area contributed by atoms with E-state index in [1.807, 2.05) is 39.1 Å². The van der Waals surface area contributed by atoms with Gasteiger partial charge in [-0.1, -0.05) is 60.7 Å². The summed E-state index contributed by atoms with van der Waals surface area (Å²) in [7, 11) is 0. The van der Waals surface area contributed by atoms with E-state index in [9.17, 15) is 4.79 Å². The molecule has 0 radical (unpaired) electrons. The highest BCUT2D eigenvalue weighted by Gasteiger charge is 2.26. The van der Waals surface area contributed by atoms with E-state index in [0.29, 0.717) is 13.1 Å². The molecule has 1 aromatic heterocycles. The normalized spacial score (nSPS) is 14.3. The Balaban J connectivity index is 1.45. The summed E-state index contributed by atoms with van der Waals surface area (Å²) >= 11 is 0. The third kappa shape index (κ3) is 5.87. The minimum absolute atomic E-state index is 0.0116. The van der Waals surface area contributed by atoms with Crippen molar-refractivity contribution >= 4 is 17.6 Å². The molecule has 0 spiro atoms. The van der Waals surface area contributed by atoms with Gasteiger partial charge in [-0.05, 0) is 50.5 Å². The molecule has 0 bridgehead atoms. The Kier molecular flexibility index (Phi) is 7.06. The number of aromatic nitrogens is 1. The van der Waals surface area contributed by atoms with Gasteiger partial charge in [0.1, 0.15) is 11.4 Å². The number of carbonyl (C=O) groups is 1. The first-order valence-corrected chi connectivity index (χ1v) is 11.9. The number of hydrogen-bond acceptors (Lipinski definition) is 5. The molecule has 6 heteroatoms. The summed E-state index contributed by atoms with van der Waals surface area (Å²) in [6, 6.07) is 23.0. The lowest BCUT2D eigenvalue weighted by atomic mass is 9.98. The second kappa shape index (κ2) is 10.2. The predicted octanol–water partition coefficient (Wildman–Crippen LogP) is 5.65. The van der Waals surface area contributed by atoms with E-state index in [0.717, 1.165) is 30.2 Å². The van der Waals surface area contributed by atoms with Crippen LogP contribution in [0.4, 0.5) is 16.3 Å². The van der Waals surface area contributed by atoms with Gasteiger partial charge in [-0.25, -0.2) is 9.78 Å². The fourth-order valence-corrected chi connectivity index (χ4v) is 4.21. The number of carbonyl (C=O) groups excluding carboxylic acids is 1. The lowest BCUT2D eigenvalue weighted by Crippen LogP contribution is -2.50. The zero-order chi connectivity index (χ0) is 24.1. The molecular weight excluding hydrogens is 424 g/mol. The van der Waals surface area contributed by atoms with Crippen molar-refractivity contribution in [2.75, 3.05) is 36.4 Å². The van der Waals surface area contributed by atoms with Crippen molar-refractivity contribution in [2.45, 2.75) is 39.3 Å². The summed E-state index contributed by atoms with van der Waals surface area (Å²) < 4.78 is 5.52. The van der Waals surface area contributed by atoms with Crippen LogP contribution in [0, 0.1) is 6.92 Å². The first kappa shape index (κ1) is 23.6. The zero-order valence-electron chi connectivity index (χ0n) is 20.5. The maximum absolute atomic E-state index is 12.4. The number of hydrogen-bond donors (Lipinski definition) is 1. The summed E-state index contributed by atoms with van der Waals surface area (Å²) in [6.07, 6.45) is 1.70. The summed E-state index contributed by atoms with van der Waals surface area (Å²) in [5, 5.41) is 3.63. The molecule has 1 aliphatic heterocycles. The van der Waals surface area contributed by atoms with Crippen molar-refractivity contribution in [3.05, 3.63) is 89.6 Å². The lowest BCUT2D eigenvalue weighted by Gasteiger charge is -2.37. The first-order chi connectivity index (χ1) is 16.3. The monoisotopic (exact) mass is 458 g/mol. The Morgan fingerprint density at radius 3 is 2.00 bits per heavy atom. The van der Waals surface area contributed by atoms with Crippen molar-refractivity contribution in [2.24, 2.45) is 0 Å². The number of anilines is 2. The van der Waals surface area contributed by atoms with Crippen LogP contribution in [0.5, 0.6) is 0 Å². The summed E-state index contributed by atoms with van der Waals surface area (Å²) in [4.78, 5) is 21.2. The summed E-state index contributed by atoms with van der Waals surface area (Å²) in [5.74, 6) is 0.839.